The molecule has 0 unspecified atom stereocenters. The number of nitrogens with zero attached hydrogens (tertiary/aromatic N) is 1. The standard InChI is InChI=1S/C14H14N2O3S/c1-8-5-3-4-6-10(8)13(19)16-14-15-9(2)11(20-14)7-12(17)18/h3-6H,7H2,1-2H3,(H,17,18)(H,15,16,19). The Morgan fingerprint density at radius 1 is 1.30 bits per heavy atom. The van der Waals surface area contributed by atoms with Crippen molar-refractivity contribution in [3.63, 3.8) is 0 Å². The fraction of sp³-hybridized carbons (Fsp3) is 0.214. The van der Waals surface area contributed by atoms with Crippen molar-refractivity contribution in [1.29, 1.82) is 0 Å². The van der Waals surface area contributed by atoms with Gasteiger partial charge in [-0.1, -0.05) is 18.2 Å². The highest BCUT2D eigenvalue weighted by Gasteiger charge is 2.14. The van der Waals surface area contributed by atoms with Crippen LogP contribution >= 0.6 is 11.3 Å². The molecular formula is C14H14N2O3S. The fourth-order valence-electron chi connectivity index (χ4n) is 1.77. The van der Waals surface area contributed by atoms with Crippen molar-refractivity contribution in [3.05, 3.63) is 46.0 Å². The van der Waals surface area contributed by atoms with Gasteiger partial charge in [0.2, 0.25) is 0 Å². The number of nitrogens with one attached hydrogen (secondary N) is 1. The van der Waals surface area contributed by atoms with Crippen molar-refractivity contribution >= 4 is 28.3 Å². The number of aryl methyl sites for hydroxylation is 2. The van der Waals surface area contributed by atoms with Gasteiger partial charge in [-0.15, -0.1) is 11.3 Å². The van der Waals surface area contributed by atoms with Gasteiger partial charge in [-0.05, 0) is 25.5 Å². The maximum atomic E-state index is 12.1. The first-order valence-electron chi connectivity index (χ1n) is 6.02. The van der Waals surface area contributed by atoms with Crippen molar-refractivity contribution in [2.75, 3.05) is 5.32 Å². The normalized spacial score (nSPS) is 10.3. The number of carboxylic acids is 1. The highest BCUT2D eigenvalue weighted by atomic mass is 32.1. The van der Waals surface area contributed by atoms with Crippen LogP contribution in [0.1, 0.15) is 26.5 Å². The molecule has 2 N–H and O–H groups in total. The molecule has 1 aromatic heterocycles. The molecule has 5 nitrogen and oxygen atoms in total. The molecule has 0 aliphatic rings. The summed E-state index contributed by atoms with van der Waals surface area (Å²) in [5, 5.41) is 11.9. The van der Waals surface area contributed by atoms with Crippen LogP contribution in [-0.4, -0.2) is 22.0 Å². The second kappa shape index (κ2) is 5.83. The molecule has 2 aromatic rings. The van der Waals surface area contributed by atoms with E-state index in [1.165, 1.54) is 11.3 Å². The molecule has 0 spiro atoms. The number of anilines is 1. The number of carbonyl (C=O) groups is 2. The number of carboxylic acid groups (broad SMARTS) is 1. The van der Waals surface area contributed by atoms with Crippen LogP contribution in [0.2, 0.25) is 0 Å². The minimum Gasteiger partial charge on any atom is -0.481 e. The lowest BCUT2D eigenvalue weighted by atomic mass is 10.1. The fourth-order valence-corrected chi connectivity index (χ4v) is 2.72. The molecule has 0 aliphatic carbocycles. The smallest absolute Gasteiger partial charge is 0.308 e. The molecule has 1 heterocycles. The summed E-state index contributed by atoms with van der Waals surface area (Å²) >= 11 is 1.19. The monoisotopic (exact) mass is 290 g/mol. The zero-order valence-corrected chi connectivity index (χ0v) is 12.0. The van der Waals surface area contributed by atoms with Crippen LogP contribution in [0.25, 0.3) is 0 Å². The van der Waals surface area contributed by atoms with Gasteiger partial charge < -0.3 is 5.11 Å². The Labute approximate surface area is 120 Å². The Balaban J connectivity index is 2.16. The second-order valence-corrected chi connectivity index (χ2v) is 5.45. The van der Waals surface area contributed by atoms with Gasteiger partial charge in [0.05, 0.1) is 12.1 Å². The molecule has 0 fully saturated rings. The van der Waals surface area contributed by atoms with E-state index in [0.717, 1.165) is 5.56 Å². The average Bonchev–Trinajstić information content (AvgIpc) is 2.69. The van der Waals surface area contributed by atoms with Crippen LogP contribution in [0.15, 0.2) is 24.3 Å². The van der Waals surface area contributed by atoms with Gasteiger partial charge in [0.1, 0.15) is 0 Å². The summed E-state index contributed by atoms with van der Waals surface area (Å²) in [6, 6.07) is 7.26. The zero-order valence-electron chi connectivity index (χ0n) is 11.1. The van der Waals surface area contributed by atoms with Crippen molar-refractivity contribution in [1.82, 2.24) is 4.98 Å². The van der Waals surface area contributed by atoms with Gasteiger partial charge in [-0.25, -0.2) is 4.98 Å². The Hall–Kier alpha value is -2.21. The molecule has 104 valence electrons. The molecular weight excluding hydrogens is 276 g/mol. The van der Waals surface area contributed by atoms with Gasteiger partial charge in [-0.3, -0.25) is 14.9 Å². The van der Waals surface area contributed by atoms with E-state index in [1.807, 2.05) is 19.1 Å². The van der Waals surface area contributed by atoms with Crippen molar-refractivity contribution < 1.29 is 14.7 Å². The lowest BCUT2D eigenvalue weighted by molar-refractivity contribution is -0.136. The third-order valence-corrected chi connectivity index (χ3v) is 3.89. The Bertz CT molecular complexity index is 664. The lowest BCUT2D eigenvalue weighted by Crippen LogP contribution is -2.12. The topological polar surface area (TPSA) is 79.3 Å². The second-order valence-electron chi connectivity index (χ2n) is 4.37. The molecule has 0 aliphatic heterocycles. The average molecular weight is 290 g/mol. The molecule has 20 heavy (non-hydrogen) atoms. The van der Waals surface area contributed by atoms with Crippen LogP contribution in [0.5, 0.6) is 0 Å². The summed E-state index contributed by atoms with van der Waals surface area (Å²) in [6.45, 7) is 3.59. The summed E-state index contributed by atoms with van der Waals surface area (Å²) in [4.78, 5) is 27.7. The summed E-state index contributed by atoms with van der Waals surface area (Å²) in [7, 11) is 0. The molecule has 1 aromatic carbocycles. The summed E-state index contributed by atoms with van der Waals surface area (Å²) < 4.78 is 0. The number of benzene rings is 1. The maximum Gasteiger partial charge on any atom is 0.308 e. The summed E-state index contributed by atoms with van der Waals surface area (Å²) in [6.07, 6.45) is -0.0796. The number of amides is 1. The van der Waals surface area contributed by atoms with Gasteiger partial charge in [0.25, 0.3) is 5.91 Å². The van der Waals surface area contributed by atoms with Crippen LogP contribution in [0, 0.1) is 13.8 Å². The number of aliphatic carboxylic acids is 1. The van der Waals surface area contributed by atoms with E-state index < -0.39 is 5.97 Å². The van der Waals surface area contributed by atoms with E-state index in [-0.39, 0.29) is 12.3 Å². The largest absolute Gasteiger partial charge is 0.481 e. The third kappa shape index (κ3) is 3.21. The third-order valence-electron chi connectivity index (χ3n) is 2.81. The van der Waals surface area contributed by atoms with E-state index in [9.17, 15) is 9.59 Å². The van der Waals surface area contributed by atoms with E-state index in [0.29, 0.717) is 21.3 Å². The maximum absolute atomic E-state index is 12.1. The molecule has 6 heteroatoms. The Kier molecular flexibility index (Phi) is 4.14. The highest BCUT2D eigenvalue weighted by molar-refractivity contribution is 7.16. The Morgan fingerprint density at radius 2 is 2.00 bits per heavy atom. The zero-order chi connectivity index (χ0) is 14.7. The van der Waals surface area contributed by atoms with Gasteiger partial charge >= 0.3 is 5.97 Å². The van der Waals surface area contributed by atoms with E-state index in [4.69, 9.17) is 5.11 Å². The predicted octanol–water partition coefficient (Wildman–Crippen LogP) is 2.64. The van der Waals surface area contributed by atoms with E-state index >= 15 is 0 Å². The summed E-state index contributed by atoms with van der Waals surface area (Å²) in [5.41, 5.74) is 2.10. The first kappa shape index (κ1) is 14.2. The number of carbonyl (C=O) groups excluding carboxylic acids is 1. The van der Waals surface area contributed by atoms with Crippen LogP contribution in [-0.2, 0) is 11.2 Å². The van der Waals surface area contributed by atoms with Gasteiger partial charge in [-0.2, -0.15) is 0 Å². The number of aromatic nitrogens is 1. The molecule has 0 bridgehead atoms. The molecule has 0 saturated heterocycles. The number of thiazole rings is 1. The van der Waals surface area contributed by atoms with Gasteiger partial charge in [0, 0.05) is 10.4 Å². The lowest BCUT2D eigenvalue weighted by Gasteiger charge is -2.04. The van der Waals surface area contributed by atoms with Gasteiger partial charge in [0.15, 0.2) is 5.13 Å². The van der Waals surface area contributed by atoms with Crippen LogP contribution in [0.3, 0.4) is 0 Å². The first-order valence-corrected chi connectivity index (χ1v) is 6.84. The molecule has 1 amide bonds. The number of hydrogen-bond donors (Lipinski definition) is 2. The van der Waals surface area contributed by atoms with Crippen LogP contribution in [0.4, 0.5) is 5.13 Å². The Morgan fingerprint density at radius 3 is 2.65 bits per heavy atom. The minimum absolute atomic E-state index is 0.0796. The quantitative estimate of drug-likeness (QED) is 0.907. The number of hydrogen-bond acceptors (Lipinski definition) is 4. The number of rotatable bonds is 4. The highest BCUT2D eigenvalue weighted by Crippen LogP contribution is 2.23. The van der Waals surface area contributed by atoms with Crippen LogP contribution < -0.4 is 5.32 Å². The molecule has 0 atom stereocenters. The predicted molar refractivity (Wildman–Crippen MR) is 77.3 cm³/mol. The van der Waals surface area contributed by atoms with E-state index in [1.54, 1.807) is 19.1 Å². The molecule has 0 radical (unpaired) electrons. The summed E-state index contributed by atoms with van der Waals surface area (Å²) in [5.74, 6) is -1.15. The first-order chi connectivity index (χ1) is 9.47. The van der Waals surface area contributed by atoms with E-state index in [2.05, 4.69) is 10.3 Å². The molecule has 0 saturated carbocycles. The van der Waals surface area contributed by atoms with Crippen molar-refractivity contribution in [2.24, 2.45) is 0 Å². The molecule has 2 rings (SSSR count). The minimum atomic E-state index is -0.909. The van der Waals surface area contributed by atoms with Crippen molar-refractivity contribution in [3.8, 4) is 0 Å². The van der Waals surface area contributed by atoms with Crippen molar-refractivity contribution in [2.45, 2.75) is 20.3 Å². The SMILES string of the molecule is Cc1ccccc1C(=O)Nc1nc(C)c(CC(=O)O)s1.